The van der Waals surface area contributed by atoms with Crippen LogP contribution in [0.2, 0.25) is 0 Å². The van der Waals surface area contributed by atoms with Crippen LogP contribution in [0.15, 0.2) is 24.3 Å². The highest BCUT2D eigenvalue weighted by molar-refractivity contribution is 5.87. The molecule has 0 spiro atoms. The summed E-state index contributed by atoms with van der Waals surface area (Å²) in [5.74, 6) is 0.252. The molecule has 0 heterocycles. The fourth-order valence-corrected chi connectivity index (χ4v) is 1.20. The van der Waals surface area contributed by atoms with Crippen LogP contribution in [0.1, 0.15) is 12.5 Å². The molecule has 0 saturated heterocycles. The van der Waals surface area contributed by atoms with E-state index in [0.29, 0.717) is 18.0 Å². The first kappa shape index (κ1) is 12.1. The zero-order valence-electron chi connectivity index (χ0n) is 9.40. The van der Waals surface area contributed by atoms with Crippen molar-refractivity contribution >= 4 is 17.7 Å². The van der Waals surface area contributed by atoms with Crippen LogP contribution in [0, 0.1) is 0 Å². The lowest BCUT2D eigenvalue weighted by Gasteiger charge is -2.07. The van der Waals surface area contributed by atoms with Crippen LogP contribution in [0.5, 0.6) is 5.75 Å². The van der Waals surface area contributed by atoms with Crippen LogP contribution in [-0.2, 0) is 9.53 Å². The SMILES string of the molecule is CCOc1cc(N)ccc1/C=C/C(=O)OC. The van der Waals surface area contributed by atoms with Crippen molar-refractivity contribution < 1.29 is 14.3 Å². The lowest BCUT2D eigenvalue weighted by molar-refractivity contribution is -0.134. The monoisotopic (exact) mass is 221 g/mol. The predicted molar refractivity (Wildman–Crippen MR) is 63.1 cm³/mol. The molecular weight excluding hydrogens is 206 g/mol. The highest BCUT2D eigenvalue weighted by Gasteiger charge is 2.01. The maximum absolute atomic E-state index is 10.9. The smallest absolute Gasteiger partial charge is 0.330 e. The number of anilines is 1. The number of hydrogen-bond acceptors (Lipinski definition) is 4. The summed E-state index contributed by atoms with van der Waals surface area (Å²) >= 11 is 0. The fourth-order valence-electron chi connectivity index (χ4n) is 1.20. The normalized spacial score (nSPS) is 10.4. The first-order chi connectivity index (χ1) is 7.67. The number of methoxy groups -OCH3 is 1. The Morgan fingerprint density at radius 1 is 1.50 bits per heavy atom. The minimum atomic E-state index is -0.403. The van der Waals surface area contributed by atoms with E-state index in [2.05, 4.69) is 4.74 Å². The number of rotatable bonds is 4. The Morgan fingerprint density at radius 2 is 2.25 bits per heavy atom. The van der Waals surface area contributed by atoms with Crippen molar-refractivity contribution in [2.24, 2.45) is 0 Å². The number of hydrogen-bond donors (Lipinski definition) is 1. The van der Waals surface area contributed by atoms with Gasteiger partial charge in [0.1, 0.15) is 5.75 Å². The van der Waals surface area contributed by atoms with Crippen LogP contribution < -0.4 is 10.5 Å². The molecule has 4 nitrogen and oxygen atoms in total. The second-order valence-electron chi connectivity index (χ2n) is 3.09. The predicted octanol–water partition coefficient (Wildman–Crippen LogP) is 1.85. The number of esters is 1. The van der Waals surface area contributed by atoms with E-state index in [-0.39, 0.29) is 0 Å². The van der Waals surface area contributed by atoms with Gasteiger partial charge in [-0.1, -0.05) is 0 Å². The van der Waals surface area contributed by atoms with Crippen molar-refractivity contribution in [3.63, 3.8) is 0 Å². The van der Waals surface area contributed by atoms with Gasteiger partial charge in [-0.05, 0) is 25.1 Å². The van der Waals surface area contributed by atoms with Gasteiger partial charge in [-0.15, -0.1) is 0 Å². The number of carbonyl (C=O) groups excluding carboxylic acids is 1. The number of nitrogens with two attached hydrogens (primary N) is 1. The molecule has 16 heavy (non-hydrogen) atoms. The number of benzene rings is 1. The molecule has 0 atom stereocenters. The number of ether oxygens (including phenoxy) is 2. The zero-order chi connectivity index (χ0) is 12.0. The van der Waals surface area contributed by atoms with Crippen molar-refractivity contribution in [2.45, 2.75) is 6.92 Å². The Kier molecular flexibility index (Phi) is 4.39. The first-order valence-electron chi connectivity index (χ1n) is 4.95. The number of nitrogen functional groups attached to an aromatic ring is 1. The van der Waals surface area contributed by atoms with Gasteiger partial charge in [-0.25, -0.2) is 4.79 Å². The first-order valence-corrected chi connectivity index (χ1v) is 4.95. The second kappa shape index (κ2) is 5.80. The molecule has 1 rings (SSSR count). The molecule has 1 aromatic carbocycles. The lowest BCUT2D eigenvalue weighted by Crippen LogP contribution is -1.97. The topological polar surface area (TPSA) is 61.5 Å². The van der Waals surface area contributed by atoms with Crippen molar-refractivity contribution in [1.82, 2.24) is 0 Å². The Bertz CT molecular complexity index is 399. The lowest BCUT2D eigenvalue weighted by atomic mass is 10.1. The molecule has 1 aromatic rings. The van der Waals surface area contributed by atoms with E-state index in [0.717, 1.165) is 5.56 Å². The Labute approximate surface area is 94.7 Å². The molecule has 0 fully saturated rings. The van der Waals surface area contributed by atoms with Gasteiger partial charge in [-0.3, -0.25) is 0 Å². The highest BCUT2D eigenvalue weighted by Crippen LogP contribution is 2.23. The second-order valence-corrected chi connectivity index (χ2v) is 3.09. The van der Waals surface area contributed by atoms with Crippen molar-refractivity contribution in [3.8, 4) is 5.75 Å². The van der Waals surface area contributed by atoms with Gasteiger partial charge in [0.05, 0.1) is 13.7 Å². The molecule has 0 saturated carbocycles. The standard InChI is InChI=1S/C12H15NO3/c1-3-16-11-8-10(13)6-4-9(11)5-7-12(14)15-2/h4-8H,3,13H2,1-2H3/b7-5+. The van der Waals surface area contributed by atoms with Crippen LogP contribution in [0.3, 0.4) is 0 Å². The Hall–Kier alpha value is -1.97. The molecule has 4 heteroatoms. The van der Waals surface area contributed by atoms with Gasteiger partial charge in [0.2, 0.25) is 0 Å². The third-order valence-corrected chi connectivity index (χ3v) is 1.94. The molecule has 2 N–H and O–H groups in total. The zero-order valence-corrected chi connectivity index (χ0v) is 9.40. The molecule has 0 aliphatic carbocycles. The van der Waals surface area contributed by atoms with Gasteiger partial charge >= 0.3 is 5.97 Å². The summed E-state index contributed by atoms with van der Waals surface area (Å²) in [5, 5.41) is 0. The summed E-state index contributed by atoms with van der Waals surface area (Å²) < 4.78 is 9.90. The van der Waals surface area contributed by atoms with E-state index in [1.807, 2.05) is 6.92 Å². The maximum atomic E-state index is 10.9. The van der Waals surface area contributed by atoms with E-state index in [1.165, 1.54) is 13.2 Å². The average Bonchev–Trinajstić information content (AvgIpc) is 2.28. The van der Waals surface area contributed by atoms with Crippen LogP contribution in [0.25, 0.3) is 6.08 Å². The third kappa shape index (κ3) is 3.31. The van der Waals surface area contributed by atoms with Crippen molar-refractivity contribution in [2.75, 3.05) is 19.5 Å². The molecule has 0 unspecified atom stereocenters. The van der Waals surface area contributed by atoms with E-state index in [4.69, 9.17) is 10.5 Å². The molecular formula is C12H15NO3. The van der Waals surface area contributed by atoms with Crippen LogP contribution in [0.4, 0.5) is 5.69 Å². The van der Waals surface area contributed by atoms with Gasteiger partial charge in [0.15, 0.2) is 0 Å². The van der Waals surface area contributed by atoms with Crippen molar-refractivity contribution in [1.29, 1.82) is 0 Å². The number of carbonyl (C=O) groups is 1. The summed E-state index contributed by atoms with van der Waals surface area (Å²) in [6.07, 6.45) is 2.98. The quantitative estimate of drug-likeness (QED) is 0.479. The van der Waals surface area contributed by atoms with E-state index in [9.17, 15) is 4.79 Å². The Balaban J connectivity index is 2.94. The van der Waals surface area contributed by atoms with Gasteiger partial charge in [0.25, 0.3) is 0 Å². The largest absolute Gasteiger partial charge is 0.493 e. The summed E-state index contributed by atoms with van der Waals surface area (Å²) in [5.41, 5.74) is 7.06. The van der Waals surface area contributed by atoms with Crippen molar-refractivity contribution in [3.05, 3.63) is 29.8 Å². The van der Waals surface area contributed by atoms with E-state index in [1.54, 1.807) is 24.3 Å². The molecule has 0 aliphatic rings. The van der Waals surface area contributed by atoms with E-state index >= 15 is 0 Å². The molecule has 0 aromatic heterocycles. The van der Waals surface area contributed by atoms with Gasteiger partial charge in [0, 0.05) is 23.4 Å². The fraction of sp³-hybridized carbons (Fsp3) is 0.250. The third-order valence-electron chi connectivity index (χ3n) is 1.94. The molecule has 0 amide bonds. The minimum absolute atomic E-state index is 0.403. The highest BCUT2D eigenvalue weighted by atomic mass is 16.5. The molecule has 0 aliphatic heterocycles. The summed E-state index contributed by atoms with van der Waals surface area (Å²) in [7, 11) is 1.33. The van der Waals surface area contributed by atoms with Gasteiger partial charge < -0.3 is 15.2 Å². The van der Waals surface area contributed by atoms with Crippen LogP contribution >= 0.6 is 0 Å². The molecule has 0 bridgehead atoms. The molecule has 0 radical (unpaired) electrons. The molecule has 86 valence electrons. The van der Waals surface area contributed by atoms with E-state index < -0.39 is 5.97 Å². The summed E-state index contributed by atoms with van der Waals surface area (Å²) in [4.78, 5) is 10.9. The van der Waals surface area contributed by atoms with Crippen LogP contribution in [-0.4, -0.2) is 19.7 Å². The summed E-state index contributed by atoms with van der Waals surface area (Å²) in [6, 6.07) is 5.26. The summed E-state index contributed by atoms with van der Waals surface area (Å²) in [6.45, 7) is 2.43. The Morgan fingerprint density at radius 3 is 2.88 bits per heavy atom. The van der Waals surface area contributed by atoms with Gasteiger partial charge in [-0.2, -0.15) is 0 Å². The maximum Gasteiger partial charge on any atom is 0.330 e. The average molecular weight is 221 g/mol. The minimum Gasteiger partial charge on any atom is -0.493 e.